The highest BCUT2D eigenvalue weighted by molar-refractivity contribution is 9.10. The number of aromatic nitrogens is 8. The number of hydrogen-bond acceptors (Lipinski definition) is 18. The van der Waals surface area contributed by atoms with Gasteiger partial charge in [0.25, 0.3) is 5.56 Å². The Morgan fingerprint density at radius 1 is 0.891 bits per heavy atom. The Morgan fingerprint density at radius 2 is 1.57 bits per heavy atom. The number of aliphatic hydroxyl groups excluding tert-OH is 2. The van der Waals surface area contributed by atoms with E-state index < -0.39 is 83.5 Å². The van der Waals surface area contributed by atoms with Crippen LogP contribution in [0.3, 0.4) is 0 Å². The Kier molecular flexibility index (Phi) is 7.79. The van der Waals surface area contributed by atoms with Crippen molar-refractivity contribution in [2.24, 2.45) is 0 Å². The topological polar surface area (TPSA) is 330 Å². The lowest BCUT2D eigenvalue weighted by molar-refractivity contribution is -0.0677. The zero-order chi connectivity index (χ0) is 32.7. The first-order valence-corrected chi connectivity index (χ1v) is 16.9. The molecule has 4 aromatic heterocycles. The van der Waals surface area contributed by atoms with Crippen LogP contribution in [0.1, 0.15) is 12.5 Å². The van der Waals surface area contributed by atoms with Crippen LogP contribution in [0.4, 0.5) is 11.8 Å². The SMILES string of the molecule is Nc1nc2c(nc(Br)n2[C@@H]2O[C@@H]3COP(=O)(O)O[C@H]4[C@@H](O)[C@H](n5cnc6c(N)ncnc65)O[C@@H]4COP(=O)(O)O[C@@H]2[C@@H]3O)c(=O)[nH]1. The summed E-state index contributed by atoms with van der Waals surface area (Å²) >= 11 is 3.17. The fourth-order valence-corrected chi connectivity index (χ4v) is 7.79. The number of imidazole rings is 2. The summed E-state index contributed by atoms with van der Waals surface area (Å²) in [5.41, 5.74) is 10.7. The average Bonchev–Trinajstić information content (AvgIpc) is 3.71. The van der Waals surface area contributed by atoms with Crippen molar-refractivity contribution in [2.45, 2.75) is 49.1 Å². The fraction of sp³-hybridized carbons (Fsp3) is 0.500. The summed E-state index contributed by atoms with van der Waals surface area (Å²) in [6.45, 7) is -1.68. The van der Waals surface area contributed by atoms with Gasteiger partial charge in [-0.1, -0.05) is 0 Å². The molecule has 0 aromatic carbocycles. The summed E-state index contributed by atoms with van der Waals surface area (Å²) in [5.74, 6) is -0.269. The molecule has 46 heavy (non-hydrogen) atoms. The first kappa shape index (κ1) is 31.6. The van der Waals surface area contributed by atoms with Crippen molar-refractivity contribution in [3.63, 3.8) is 0 Å². The van der Waals surface area contributed by atoms with E-state index in [4.69, 9.17) is 39.0 Å². The number of phosphoric ester groups is 2. The maximum atomic E-state index is 13.3. The van der Waals surface area contributed by atoms with Gasteiger partial charge in [-0.3, -0.25) is 37.0 Å². The van der Waals surface area contributed by atoms with Crippen LogP contribution in [-0.4, -0.2) is 109 Å². The van der Waals surface area contributed by atoms with Gasteiger partial charge in [-0.2, -0.15) is 4.98 Å². The number of nitrogens with zero attached hydrogens (tertiary/aromatic N) is 7. The van der Waals surface area contributed by atoms with Crippen LogP contribution in [0.5, 0.6) is 0 Å². The van der Waals surface area contributed by atoms with Gasteiger partial charge in [0.2, 0.25) is 5.95 Å². The van der Waals surface area contributed by atoms with E-state index in [0.717, 1.165) is 10.9 Å². The second-order valence-corrected chi connectivity index (χ2v) is 13.8. The highest BCUT2D eigenvalue weighted by atomic mass is 79.9. The number of aromatic amines is 1. The number of aliphatic hydroxyl groups is 2. The number of nitrogens with one attached hydrogen (secondary N) is 1. The zero-order valence-electron chi connectivity index (χ0n) is 22.7. The Morgan fingerprint density at radius 3 is 2.30 bits per heavy atom. The number of anilines is 2. The second-order valence-electron chi connectivity index (χ2n) is 10.2. The van der Waals surface area contributed by atoms with Gasteiger partial charge >= 0.3 is 15.6 Å². The maximum Gasteiger partial charge on any atom is 0.472 e. The van der Waals surface area contributed by atoms with Crippen LogP contribution in [0.2, 0.25) is 0 Å². The van der Waals surface area contributed by atoms with Crippen molar-refractivity contribution < 1.29 is 56.7 Å². The molecule has 23 nitrogen and oxygen atoms in total. The van der Waals surface area contributed by atoms with Gasteiger partial charge in [0, 0.05) is 0 Å². The molecule has 26 heteroatoms. The van der Waals surface area contributed by atoms with Crippen LogP contribution < -0.4 is 17.0 Å². The molecule has 0 aliphatic carbocycles. The normalized spacial score (nSPS) is 37.2. The number of phosphoric acid groups is 2. The van der Waals surface area contributed by atoms with Gasteiger partial charge in [-0.15, -0.1) is 0 Å². The van der Waals surface area contributed by atoms with Crippen molar-refractivity contribution in [3.05, 3.63) is 27.7 Å². The third-order valence-corrected chi connectivity index (χ3v) is 9.91. The number of nitrogens with two attached hydrogens (primary N) is 2. The van der Waals surface area contributed by atoms with Gasteiger partial charge in [-0.05, 0) is 15.9 Å². The third kappa shape index (κ3) is 5.43. The molecule has 2 bridgehead atoms. The predicted octanol–water partition coefficient (Wildman–Crippen LogP) is -1.58. The highest BCUT2D eigenvalue weighted by Crippen LogP contribution is 2.54. The van der Waals surface area contributed by atoms with Crippen molar-refractivity contribution >= 4 is 65.7 Å². The van der Waals surface area contributed by atoms with Gasteiger partial charge in [0.1, 0.15) is 48.5 Å². The van der Waals surface area contributed by atoms with E-state index in [1.807, 2.05) is 0 Å². The Balaban J connectivity index is 1.22. The molecular formula is C20H23BrN10O13P2. The van der Waals surface area contributed by atoms with Gasteiger partial charge in [-0.25, -0.2) is 29.1 Å². The molecule has 0 radical (unpaired) electrons. The number of nitrogen functional groups attached to an aromatic ring is 2. The fourth-order valence-electron chi connectivity index (χ4n) is 5.35. The molecule has 10 atom stereocenters. The Bertz CT molecular complexity index is 1990. The van der Waals surface area contributed by atoms with Gasteiger partial charge in [0.05, 0.1) is 19.5 Å². The molecule has 3 aliphatic rings. The first-order valence-electron chi connectivity index (χ1n) is 13.1. The van der Waals surface area contributed by atoms with Gasteiger partial charge in [0.15, 0.2) is 39.8 Å². The molecule has 9 N–H and O–H groups in total. The van der Waals surface area contributed by atoms with Crippen molar-refractivity contribution in [1.29, 1.82) is 0 Å². The average molecular weight is 753 g/mol. The number of halogens is 1. The monoisotopic (exact) mass is 752 g/mol. The van der Waals surface area contributed by atoms with E-state index in [1.165, 1.54) is 10.9 Å². The van der Waals surface area contributed by atoms with Crippen LogP contribution in [-0.2, 0) is 36.7 Å². The molecule has 3 fully saturated rings. The maximum absolute atomic E-state index is 13.3. The molecule has 0 amide bonds. The summed E-state index contributed by atoms with van der Waals surface area (Å²) in [7, 11) is -10.2. The number of ether oxygens (including phenoxy) is 2. The Labute approximate surface area is 262 Å². The first-order chi connectivity index (χ1) is 21.7. The van der Waals surface area contributed by atoms with E-state index >= 15 is 0 Å². The predicted molar refractivity (Wildman–Crippen MR) is 151 cm³/mol. The minimum absolute atomic E-state index is 0.0316. The standard InChI is InChI=1S/C20H23BrN10O13P2/c21-19-27-8-15(28-20(23)29-16(8)34)31(19)18-12-9(32)5(41-18)1-39-45(35,36)43-11-6(2-40-46(37,38)44-12)42-17(10(11)33)30-4-26-7-13(22)24-3-25-14(7)30/h3-6,9-12,17-18,32-33H,1-2H2,(H,35,36)(H,37,38)(H2,22,24,25)(H3,23,28,29,34)/t5-,6-,9-,10-,11-,12-,17-,18-/m1/s1. The van der Waals surface area contributed by atoms with E-state index in [9.17, 15) is 33.9 Å². The van der Waals surface area contributed by atoms with Crippen LogP contribution in [0.15, 0.2) is 22.2 Å². The van der Waals surface area contributed by atoms with Crippen LogP contribution in [0.25, 0.3) is 22.3 Å². The minimum Gasteiger partial charge on any atom is -0.387 e. The summed E-state index contributed by atoms with van der Waals surface area (Å²) < 4.78 is 61.2. The molecule has 7 rings (SSSR count). The third-order valence-electron chi connectivity index (χ3n) is 7.38. The highest BCUT2D eigenvalue weighted by Gasteiger charge is 2.54. The van der Waals surface area contributed by atoms with Crippen LogP contribution in [0, 0.1) is 0 Å². The summed E-state index contributed by atoms with van der Waals surface area (Å²) in [4.78, 5) is 56.2. The van der Waals surface area contributed by atoms with E-state index in [2.05, 4.69) is 45.8 Å². The summed E-state index contributed by atoms with van der Waals surface area (Å²) in [5, 5.41) is 22.2. The smallest absolute Gasteiger partial charge is 0.387 e. The molecular weight excluding hydrogens is 730 g/mol. The van der Waals surface area contributed by atoms with E-state index in [-0.39, 0.29) is 38.8 Å². The lowest BCUT2D eigenvalue weighted by Crippen LogP contribution is -2.36. The Hall–Kier alpha value is -2.96. The van der Waals surface area contributed by atoms with Crippen molar-refractivity contribution in [2.75, 3.05) is 24.7 Å². The zero-order valence-corrected chi connectivity index (χ0v) is 26.1. The number of hydrogen-bond donors (Lipinski definition) is 7. The van der Waals surface area contributed by atoms with Crippen LogP contribution >= 0.6 is 31.6 Å². The molecule has 2 unspecified atom stereocenters. The lowest BCUT2D eigenvalue weighted by atomic mass is 10.1. The molecule has 0 spiro atoms. The lowest BCUT2D eigenvalue weighted by Gasteiger charge is -2.26. The number of fused-ring (bicyclic) bond motifs is 5. The van der Waals surface area contributed by atoms with Gasteiger partial charge < -0.3 is 40.9 Å². The summed E-state index contributed by atoms with van der Waals surface area (Å²) in [6.07, 6.45) is -10.5. The van der Waals surface area contributed by atoms with Crippen molar-refractivity contribution in [3.8, 4) is 0 Å². The summed E-state index contributed by atoms with van der Waals surface area (Å²) in [6, 6.07) is 0. The molecule has 3 aliphatic heterocycles. The van der Waals surface area contributed by atoms with E-state index in [1.54, 1.807) is 0 Å². The number of rotatable bonds is 2. The quantitative estimate of drug-likeness (QED) is 0.0897. The molecule has 248 valence electrons. The largest absolute Gasteiger partial charge is 0.472 e. The number of H-pyrrole nitrogens is 1. The van der Waals surface area contributed by atoms with Crippen molar-refractivity contribution in [1.82, 2.24) is 39.0 Å². The molecule has 4 aromatic rings. The molecule has 3 saturated heterocycles. The van der Waals surface area contributed by atoms with E-state index in [0.29, 0.717) is 0 Å². The second kappa shape index (κ2) is 11.3. The molecule has 7 heterocycles. The minimum atomic E-state index is -5.14. The molecule has 0 saturated carbocycles.